The first-order valence-electron chi connectivity index (χ1n) is 9.26. The number of aliphatic hydroxyl groups excluding tert-OH is 1. The topological polar surface area (TPSA) is 97.4 Å². The minimum atomic E-state index is 0.0612. The quantitative estimate of drug-likeness (QED) is 0.771. The highest BCUT2D eigenvalue weighted by Gasteiger charge is 2.23. The van der Waals surface area contributed by atoms with Gasteiger partial charge in [0.2, 0.25) is 0 Å². The highest BCUT2D eigenvalue weighted by molar-refractivity contribution is 5.59. The molecule has 7 nitrogen and oxygen atoms in total. The third kappa shape index (κ3) is 4.94. The van der Waals surface area contributed by atoms with E-state index in [1.165, 1.54) is 0 Å². The summed E-state index contributed by atoms with van der Waals surface area (Å²) >= 11 is 0. The van der Waals surface area contributed by atoms with E-state index in [1.807, 2.05) is 6.07 Å². The Balaban J connectivity index is 1.81. The van der Waals surface area contributed by atoms with Crippen molar-refractivity contribution in [3.8, 4) is 11.8 Å². The van der Waals surface area contributed by atoms with E-state index in [9.17, 15) is 0 Å². The molecule has 0 aromatic carbocycles. The number of ether oxygens (including phenoxy) is 1. The summed E-state index contributed by atoms with van der Waals surface area (Å²) in [7, 11) is 0. The maximum atomic E-state index is 8.91. The summed E-state index contributed by atoms with van der Waals surface area (Å²) in [6.07, 6.45) is 6.06. The number of anilines is 2. The second-order valence-corrected chi connectivity index (χ2v) is 6.38. The third-order valence-electron chi connectivity index (χ3n) is 4.55. The lowest BCUT2D eigenvalue weighted by Gasteiger charge is -2.33. The summed E-state index contributed by atoms with van der Waals surface area (Å²) in [4.78, 5) is 15.2. The summed E-state index contributed by atoms with van der Waals surface area (Å²) < 4.78 is 5.65. The van der Waals surface area contributed by atoms with E-state index in [4.69, 9.17) is 15.6 Å². The number of rotatable bonds is 5. The summed E-state index contributed by atoms with van der Waals surface area (Å²) in [5.41, 5.74) is 8.24. The van der Waals surface area contributed by atoms with Crippen LogP contribution in [0.2, 0.25) is 0 Å². The van der Waals surface area contributed by atoms with Gasteiger partial charge in [-0.3, -0.25) is 0 Å². The number of nitrogens with zero attached hydrogens (tertiary/aromatic N) is 4. The van der Waals surface area contributed by atoms with Gasteiger partial charge in [-0.15, -0.1) is 0 Å². The SMILES string of the molecule is CCc1ncnc(N2CCC(OCCO)CC2)c1C#Cc1ccc(N)nc1. The van der Waals surface area contributed by atoms with Crippen molar-refractivity contribution in [1.82, 2.24) is 15.0 Å². The Labute approximate surface area is 159 Å². The van der Waals surface area contributed by atoms with Crippen molar-refractivity contribution in [1.29, 1.82) is 0 Å². The highest BCUT2D eigenvalue weighted by atomic mass is 16.5. The smallest absolute Gasteiger partial charge is 0.148 e. The van der Waals surface area contributed by atoms with Gasteiger partial charge in [0.1, 0.15) is 18.0 Å². The van der Waals surface area contributed by atoms with Crippen LogP contribution < -0.4 is 10.6 Å². The summed E-state index contributed by atoms with van der Waals surface area (Å²) in [6, 6.07) is 3.60. The largest absolute Gasteiger partial charge is 0.394 e. The molecule has 0 bridgehead atoms. The maximum Gasteiger partial charge on any atom is 0.148 e. The molecule has 1 aliphatic heterocycles. The number of nitrogens with two attached hydrogens (primary N) is 1. The number of pyridine rings is 1. The summed E-state index contributed by atoms with van der Waals surface area (Å²) in [5, 5.41) is 8.91. The zero-order valence-corrected chi connectivity index (χ0v) is 15.6. The van der Waals surface area contributed by atoms with Gasteiger partial charge in [0, 0.05) is 24.8 Å². The molecule has 27 heavy (non-hydrogen) atoms. The molecule has 1 fully saturated rings. The molecule has 3 N–H and O–H groups in total. The van der Waals surface area contributed by atoms with Crippen molar-refractivity contribution in [3.05, 3.63) is 41.5 Å². The van der Waals surface area contributed by atoms with Crippen LogP contribution in [0.4, 0.5) is 11.6 Å². The number of aryl methyl sites for hydroxylation is 1. The van der Waals surface area contributed by atoms with E-state index in [0.717, 1.165) is 55.0 Å². The van der Waals surface area contributed by atoms with Crippen molar-refractivity contribution in [3.63, 3.8) is 0 Å². The van der Waals surface area contributed by atoms with Gasteiger partial charge in [-0.05, 0) is 31.4 Å². The van der Waals surface area contributed by atoms with Crippen molar-refractivity contribution in [2.45, 2.75) is 32.3 Å². The molecular weight excluding hydrogens is 342 g/mol. The van der Waals surface area contributed by atoms with Crippen LogP contribution in [0, 0.1) is 11.8 Å². The van der Waals surface area contributed by atoms with Crippen LogP contribution in [0.25, 0.3) is 0 Å². The fourth-order valence-corrected chi connectivity index (χ4v) is 3.11. The standard InChI is InChI=1S/C20H25N5O2/c1-2-18-17(5-3-15-4-6-19(21)22-13-15)20(24-14-23-18)25-9-7-16(8-10-25)27-12-11-26/h4,6,13-14,16,26H,2,7-12H2,1H3,(H2,21,22). The van der Waals surface area contributed by atoms with E-state index in [2.05, 4.69) is 38.6 Å². The molecule has 7 heteroatoms. The van der Waals surface area contributed by atoms with Crippen LogP contribution in [0.15, 0.2) is 24.7 Å². The van der Waals surface area contributed by atoms with Gasteiger partial charge in [0.05, 0.1) is 30.6 Å². The first-order valence-corrected chi connectivity index (χ1v) is 9.26. The number of aromatic nitrogens is 3. The first kappa shape index (κ1) is 19.1. The van der Waals surface area contributed by atoms with E-state index in [1.54, 1.807) is 18.6 Å². The lowest BCUT2D eigenvalue weighted by molar-refractivity contribution is 0.0158. The Morgan fingerprint density at radius 2 is 2.04 bits per heavy atom. The number of piperidine rings is 1. The minimum Gasteiger partial charge on any atom is -0.394 e. The van der Waals surface area contributed by atoms with Crippen LogP contribution in [-0.4, -0.2) is 52.5 Å². The first-order chi connectivity index (χ1) is 13.2. The molecule has 1 saturated heterocycles. The number of hydrogen-bond acceptors (Lipinski definition) is 7. The van der Waals surface area contributed by atoms with Gasteiger partial charge in [-0.1, -0.05) is 18.8 Å². The molecule has 0 aliphatic carbocycles. The van der Waals surface area contributed by atoms with Crippen LogP contribution in [0.5, 0.6) is 0 Å². The second kappa shape index (κ2) is 9.31. The molecule has 2 aromatic rings. The predicted molar refractivity (Wildman–Crippen MR) is 104 cm³/mol. The average Bonchev–Trinajstić information content (AvgIpc) is 2.72. The Morgan fingerprint density at radius 1 is 1.22 bits per heavy atom. The zero-order chi connectivity index (χ0) is 19.1. The van der Waals surface area contributed by atoms with Crippen LogP contribution in [0.1, 0.15) is 36.6 Å². The molecule has 3 heterocycles. The summed E-state index contributed by atoms with van der Waals surface area (Å²) in [5.74, 6) is 7.75. The monoisotopic (exact) mass is 367 g/mol. The van der Waals surface area contributed by atoms with E-state index in [-0.39, 0.29) is 12.7 Å². The molecule has 3 rings (SSSR count). The fraction of sp³-hybridized carbons (Fsp3) is 0.450. The zero-order valence-electron chi connectivity index (χ0n) is 15.6. The van der Waals surface area contributed by atoms with E-state index in [0.29, 0.717) is 12.4 Å². The van der Waals surface area contributed by atoms with Crippen LogP contribution in [-0.2, 0) is 11.2 Å². The van der Waals surface area contributed by atoms with Crippen molar-refractivity contribution in [2.75, 3.05) is 36.9 Å². The van der Waals surface area contributed by atoms with Crippen molar-refractivity contribution < 1.29 is 9.84 Å². The Bertz CT molecular complexity index is 805. The molecule has 142 valence electrons. The molecule has 1 aliphatic rings. The van der Waals surface area contributed by atoms with E-state index < -0.39 is 0 Å². The third-order valence-corrected chi connectivity index (χ3v) is 4.55. The average molecular weight is 367 g/mol. The van der Waals surface area contributed by atoms with Crippen LogP contribution in [0.3, 0.4) is 0 Å². The highest BCUT2D eigenvalue weighted by Crippen LogP contribution is 2.24. The van der Waals surface area contributed by atoms with Gasteiger partial charge in [0.25, 0.3) is 0 Å². The normalized spacial score (nSPS) is 14.7. The molecule has 0 saturated carbocycles. The van der Waals surface area contributed by atoms with E-state index >= 15 is 0 Å². The lowest BCUT2D eigenvalue weighted by Crippen LogP contribution is -2.38. The van der Waals surface area contributed by atoms with Crippen LogP contribution >= 0.6 is 0 Å². The van der Waals surface area contributed by atoms with Gasteiger partial charge in [-0.2, -0.15) is 0 Å². The molecule has 0 amide bonds. The fourth-order valence-electron chi connectivity index (χ4n) is 3.11. The number of nitrogen functional groups attached to an aromatic ring is 1. The molecular formula is C20H25N5O2. The van der Waals surface area contributed by atoms with Gasteiger partial charge in [0.15, 0.2) is 0 Å². The van der Waals surface area contributed by atoms with Gasteiger partial charge >= 0.3 is 0 Å². The summed E-state index contributed by atoms with van der Waals surface area (Å²) in [6.45, 7) is 4.20. The Morgan fingerprint density at radius 3 is 2.70 bits per heavy atom. The van der Waals surface area contributed by atoms with Crippen molar-refractivity contribution >= 4 is 11.6 Å². The lowest BCUT2D eigenvalue weighted by atomic mass is 10.1. The second-order valence-electron chi connectivity index (χ2n) is 6.38. The molecule has 0 spiro atoms. The number of hydrogen-bond donors (Lipinski definition) is 2. The maximum absolute atomic E-state index is 8.91. The minimum absolute atomic E-state index is 0.0612. The number of aliphatic hydroxyl groups is 1. The molecule has 0 unspecified atom stereocenters. The Kier molecular flexibility index (Phi) is 6.58. The molecule has 0 atom stereocenters. The van der Waals surface area contributed by atoms with Gasteiger partial charge < -0.3 is 20.5 Å². The van der Waals surface area contributed by atoms with Crippen molar-refractivity contribution in [2.24, 2.45) is 0 Å². The van der Waals surface area contributed by atoms with Gasteiger partial charge in [-0.25, -0.2) is 15.0 Å². The molecule has 0 radical (unpaired) electrons. The molecule has 2 aromatic heterocycles. The predicted octanol–water partition coefficient (Wildman–Crippen LogP) is 1.39. The Hall–Kier alpha value is -2.69.